The summed E-state index contributed by atoms with van der Waals surface area (Å²) in [5.41, 5.74) is 0.0759. The molecule has 0 aromatic heterocycles. The van der Waals surface area contributed by atoms with Gasteiger partial charge < -0.3 is 10.2 Å². The second-order valence-corrected chi connectivity index (χ2v) is 6.02. The van der Waals surface area contributed by atoms with Crippen LogP contribution in [0.15, 0.2) is 0 Å². The van der Waals surface area contributed by atoms with Gasteiger partial charge >= 0.3 is 0 Å². The normalized spacial score (nSPS) is 21.2. The number of nitrogens with zero attached hydrogens (tertiary/aromatic N) is 2. The van der Waals surface area contributed by atoms with E-state index in [4.69, 9.17) is 0 Å². The van der Waals surface area contributed by atoms with Crippen molar-refractivity contribution in [1.82, 2.24) is 15.1 Å². The average molecular weight is 255 g/mol. The second-order valence-electron chi connectivity index (χ2n) is 6.02. The molecule has 1 heterocycles. The lowest BCUT2D eigenvalue weighted by molar-refractivity contribution is -0.138. The molecule has 0 aromatic carbocycles. The highest BCUT2D eigenvalue weighted by molar-refractivity contribution is 6.05. The van der Waals surface area contributed by atoms with Crippen LogP contribution in [0.4, 0.5) is 0 Å². The number of likely N-dealkylation sites (tertiary alicyclic amines) is 1. The molecular formula is C13H25N3O2. The highest BCUT2D eigenvalue weighted by Gasteiger charge is 2.37. The molecule has 1 rings (SSSR count). The van der Waals surface area contributed by atoms with Gasteiger partial charge in [0.25, 0.3) is 0 Å². The smallest absolute Gasteiger partial charge is 0.246 e. The van der Waals surface area contributed by atoms with Gasteiger partial charge in [0.15, 0.2) is 0 Å². The molecule has 0 aromatic rings. The standard InChI is InChI=1S/C13H25N3O2/c1-6-16-11(17)7-10(12(16)18)14-8-13(2,3)9-15(4)5/h10,14H,6-9H2,1-5H3. The van der Waals surface area contributed by atoms with Crippen LogP contribution in [-0.4, -0.2) is 61.4 Å². The quantitative estimate of drug-likeness (QED) is 0.694. The van der Waals surface area contributed by atoms with E-state index in [1.807, 2.05) is 21.0 Å². The summed E-state index contributed by atoms with van der Waals surface area (Å²) in [5.74, 6) is -0.145. The Bertz CT molecular complexity index is 326. The molecule has 2 amide bonds. The van der Waals surface area contributed by atoms with E-state index in [1.54, 1.807) is 0 Å². The third-order valence-corrected chi connectivity index (χ3v) is 3.13. The van der Waals surface area contributed by atoms with Gasteiger partial charge in [0.05, 0.1) is 12.5 Å². The summed E-state index contributed by atoms with van der Waals surface area (Å²) in [7, 11) is 4.07. The number of likely N-dealkylation sites (N-methyl/N-ethyl adjacent to an activating group) is 1. The van der Waals surface area contributed by atoms with E-state index >= 15 is 0 Å². The van der Waals surface area contributed by atoms with Gasteiger partial charge in [-0.1, -0.05) is 13.8 Å². The molecule has 5 heteroatoms. The van der Waals surface area contributed by atoms with Crippen LogP contribution in [0.1, 0.15) is 27.2 Å². The number of nitrogens with one attached hydrogen (secondary N) is 1. The van der Waals surface area contributed by atoms with Gasteiger partial charge in [-0.15, -0.1) is 0 Å². The Labute approximate surface area is 110 Å². The van der Waals surface area contributed by atoms with Crippen molar-refractivity contribution in [2.45, 2.75) is 33.2 Å². The van der Waals surface area contributed by atoms with Crippen LogP contribution in [0.5, 0.6) is 0 Å². The van der Waals surface area contributed by atoms with Crippen molar-refractivity contribution >= 4 is 11.8 Å². The number of hydrogen-bond donors (Lipinski definition) is 1. The first kappa shape index (κ1) is 15.1. The Morgan fingerprint density at radius 2 is 2.00 bits per heavy atom. The summed E-state index contributed by atoms with van der Waals surface area (Å²) in [6.07, 6.45) is 0.296. The first-order chi connectivity index (χ1) is 8.26. The molecule has 5 nitrogen and oxygen atoms in total. The maximum absolute atomic E-state index is 11.9. The Hall–Kier alpha value is -0.940. The average Bonchev–Trinajstić information content (AvgIpc) is 2.49. The second kappa shape index (κ2) is 5.80. The summed E-state index contributed by atoms with van der Waals surface area (Å²) in [5, 5.41) is 3.23. The molecule has 18 heavy (non-hydrogen) atoms. The van der Waals surface area contributed by atoms with Crippen molar-refractivity contribution in [3.63, 3.8) is 0 Å². The predicted octanol–water partition coefficient (Wildman–Crippen LogP) is 0.311. The van der Waals surface area contributed by atoms with E-state index in [-0.39, 0.29) is 23.3 Å². The minimum Gasteiger partial charge on any atom is -0.309 e. The van der Waals surface area contributed by atoms with Gasteiger partial charge in [0.1, 0.15) is 0 Å². The van der Waals surface area contributed by atoms with Crippen LogP contribution in [0.2, 0.25) is 0 Å². The van der Waals surface area contributed by atoms with Crippen LogP contribution >= 0.6 is 0 Å². The van der Waals surface area contributed by atoms with Crippen LogP contribution < -0.4 is 5.32 Å². The third kappa shape index (κ3) is 3.78. The van der Waals surface area contributed by atoms with Crippen molar-refractivity contribution in [2.75, 3.05) is 33.7 Å². The van der Waals surface area contributed by atoms with Gasteiger partial charge in [0, 0.05) is 19.6 Å². The lowest BCUT2D eigenvalue weighted by Crippen LogP contribution is -2.45. The topological polar surface area (TPSA) is 52.7 Å². The molecule has 1 N–H and O–H groups in total. The molecule has 1 fully saturated rings. The molecule has 0 bridgehead atoms. The Morgan fingerprint density at radius 3 is 2.44 bits per heavy atom. The number of hydrogen-bond acceptors (Lipinski definition) is 4. The van der Waals surface area contributed by atoms with E-state index < -0.39 is 0 Å². The molecule has 1 unspecified atom stereocenters. The number of carbonyl (C=O) groups is 2. The minimum absolute atomic E-state index is 0.0644. The summed E-state index contributed by atoms with van der Waals surface area (Å²) in [6.45, 7) is 8.27. The summed E-state index contributed by atoms with van der Waals surface area (Å²) >= 11 is 0. The molecule has 1 aliphatic heterocycles. The van der Waals surface area contributed by atoms with Crippen molar-refractivity contribution < 1.29 is 9.59 Å². The van der Waals surface area contributed by atoms with Crippen molar-refractivity contribution in [1.29, 1.82) is 0 Å². The SMILES string of the molecule is CCN1C(=O)CC(NCC(C)(C)CN(C)C)C1=O. The summed E-state index contributed by atoms with van der Waals surface area (Å²) in [4.78, 5) is 27.0. The van der Waals surface area contributed by atoms with Gasteiger partial charge in [0.2, 0.25) is 11.8 Å². The molecule has 1 atom stereocenters. The van der Waals surface area contributed by atoms with E-state index in [0.29, 0.717) is 13.0 Å². The Kier molecular flexibility index (Phi) is 4.87. The fourth-order valence-electron chi connectivity index (χ4n) is 2.49. The van der Waals surface area contributed by atoms with Gasteiger partial charge in [-0.2, -0.15) is 0 Å². The highest BCUT2D eigenvalue weighted by atomic mass is 16.2. The van der Waals surface area contributed by atoms with E-state index in [0.717, 1.165) is 13.1 Å². The third-order valence-electron chi connectivity index (χ3n) is 3.13. The monoisotopic (exact) mass is 255 g/mol. The van der Waals surface area contributed by atoms with Gasteiger partial charge in [-0.25, -0.2) is 0 Å². The molecule has 0 aliphatic carbocycles. The van der Waals surface area contributed by atoms with E-state index in [2.05, 4.69) is 24.1 Å². The molecule has 1 saturated heterocycles. The molecule has 0 radical (unpaired) electrons. The van der Waals surface area contributed by atoms with Crippen molar-refractivity contribution in [3.8, 4) is 0 Å². The zero-order chi connectivity index (χ0) is 13.9. The summed E-state index contributed by atoms with van der Waals surface area (Å²) < 4.78 is 0. The van der Waals surface area contributed by atoms with Gasteiger partial charge in [-0.3, -0.25) is 14.5 Å². The molecular weight excluding hydrogens is 230 g/mol. The maximum Gasteiger partial charge on any atom is 0.246 e. The Balaban J connectivity index is 2.50. The lowest BCUT2D eigenvalue weighted by Gasteiger charge is -2.29. The maximum atomic E-state index is 11.9. The van der Waals surface area contributed by atoms with Gasteiger partial charge in [-0.05, 0) is 26.4 Å². The Morgan fingerprint density at radius 1 is 1.39 bits per heavy atom. The number of imide groups is 1. The van der Waals surface area contributed by atoms with Crippen LogP contribution in [0, 0.1) is 5.41 Å². The zero-order valence-electron chi connectivity index (χ0n) is 12.1. The van der Waals surface area contributed by atoms with E-state index in [9.17, 15) is 9.59 Å². The molecule has 0 saturated carbocycles. The van der Waals surface area contributed by atoms with Crippen molar-refractivity contribution in [2.24, 2.45) is 5.41 Å². The van der Waals surface area contributed by atoms with E-state index in [1.165, 1.54) is 4.90 Å². The predicted molar refractivity (Wildman–Crippen MR) is 71.1 cm³/mol. The number of carbonyl (C=O) groups excluding carboxylic acids is 2. The number of rotatable bonds is 6. The van der Waals surface area contributed by atoms with Crippen LogP contribution in [0.25, 0.3) is 0 Å². The molecule has 0 spiro atoms. The summed E-state index contributed by atoms with van der Waals surface area (Å²) in [6, 6.07) is -0.334. The fraction of sp³-hybridized carbons (Fsp3) is 0.846. The molecule has 1 aliphatic rings. The molecule has 104 valence electrons. The first-order valence-electron chi connectivity index (χ1n) is 6.49. The first-order valence-corrected chi connectivity index (χ1v) is 6.49. The number of amides is 2. The van der Waals surface area contributed by atoms with Crippen LogP contribution in [-0.2, 0) is 9.59 Å². The van der Waals surface area contributed by atoms with Crippen LogP contribution in [0.3, 0.4) is 0 Å². The van der Waals surface area contributed by atoms with Crippen molar-refractivity contribution in [3.05, 3.63) is 0 Å². The minimum atomic E-state index is -0.334. The lowest BCUT2D eigenvalue weighted by atomic mass is 9.92. The largest absolute Gasteiger partial charge is 0.309 e. The zero-order valence-corrected chi connectivity index (χ0v) is 12.1. The highest BCUT2D eigenvalue weighted by Crippen LogP contribution is 2.17. The fourth-order valence-corrected chi connectivity index (χ4v) is 2.49.